The Hall–Kier alpha value is -0.280. The van der Waals surface area contributed by atoms with Gasteiger partial charge in [0.2, 0.25) is 5.91 Å². The van der Waals surface area contributed by atoms with Crippen molar-refractivity contribution in [3.63, 3.8) is 0 Å². The smallest absolute Gasteiger partial charge is 0.240 e. The van der Waals surface area contributed by atoms with Crippen LogP contribution in [0.3, 0.4) is 0 Å². The maximum atomic E-state index is 11.9. The maximum absolute atomic E-state index is 11.9. The molecule has 0 aromatic carbocycles. The topological polar surface area (TPSA) is 29.5 Å². The highest BCUT2D eigenvalue weighted by molar-refractivity contribution is 6.30. The van der Waals surface area contributed by atoms with E-state index >= 15 is 0 Å². The monoisotopic (exact) mass is 245 g/mol. The summed E-state index contributed by atoms with van der Waals surface area (Å²) >= 11 is 5.86. The van der Waals surface area contributed by atoms with E-state index in [1.54, 1.807) is 6.92 Å². The summed E-state index contributed by atoms with van der Waals surface area (Å²) in [5, 5.41) is -0.418. The first kappa shape index (κ1) is 12.2. The van der Waals surface area contributed by atoms with Crippen LogP contribution in [0.5, 0.6) is 0 Å². The minimum atomic E-state index is -0.418. The minimum absolute atomic E-state index is 0.0508. The quantitative estimate of drug-likeness (QED) is 0.663. The van der Waals surface area contributed by atoms with Gasteiger partial charge in [-0.25, -0.2) is 0 Å². The Morgan fingerprint density at radius 2 is 2.12 bits per heavy atom. The van der Waals surface area contributed by atoms with Gasteiger partial charge in [-0.2, -0.15) is 0 Å². The van der Waals surface area contributed by atoms with Gasteiger partial charge in [0.25, 0.3) is 0 Å². The van der Waals surface area contributed by atoms with Gasteiger partial charge in [-0.1, -0.05) is 0 Å². The summed E-state index contributed by atoms with van der Waals surface area (Å²) in [5.41, 5.74) is -0.0576. The van der Waals surface area contributed by atoms with Crippen molar-refractivity contribution < 1.29 is 9.53 Å². The number of hydrogen-bond donors (Lipinski definition) is 0. The molecule has 0 unspecified atom stereocenters. The average molecular weight is 246 g/mol. The predicted octanol–water partition coefficient (Wildman–Crippen LogP) is 2.18. The van der Waals surface area contributed by atoms with E-state index < -0.39 is 5.38 Å². The number of carbonyl (C=O) groups excluding carboxylic acids is 1. The summed E-state index contributed by atoms with van der Waals surface area (Å²) in [6.07, 6.45) is 5.59. The van der Waals surface area contributed by atoms with Crippen molar-refractivity contribution in [1.82, 2.24) is 4.90 Å². The fraction of sp³-hybridized carbons (Fsp3) is 0.917. The molecular weight excluding hydrogens is 226 g/mol. The van der Waals surface area contributed by atoms with Gasteiger partial charge in [0.05, 0.1) is 5.60 Å². The summed E-state index contributed by atoms with van der Waals surface area (Å²) in [6, 6.07) is 0. The molecule has 1 spiro atoms. The van der Waals surface area contributed by atoms with Crippen molar-refractivity contribution in [3.8, 4) is 0 Å². The van der Waals surface area contributed by atoms with Gasteiger partial charge in [0, 0.05) is 19.7 Å². The molecule has 0 aliphatic carbocycles. The highest BCUT2D eigenvalue weighted by Gasteiger charge is 2.39. The number of piperidine rings is 1. The lowest BCUT2D eigenvalue weighted by Gasteiger charge is -2.45. The molecule has 0 aromatic heterocycles. The Labute approximate surface area is 102 Å². The number of amides is 1. The molecule has 2 atom stereocenters. The van der Waals surface area contributed by atoms with Crippen LogP contribution in [0.4, 0.5) is 0 Å². The summed E-state index contributed by atoms with van der Waals surface area (Å²) in [5.74, 6) is 0.0508. The van der Waals surface area contributed by atoms with E-state index in [2.05, 4.69) is 0 Å². The molecule has 0 bridgehead atoms. The normalized spacial score (nSPS) is 32.8. The summed E-state index contributed by atoms with van der Waals surface area (Å²) < 4.78 is 5.93. The number of nitrogens with zero attached hydrogens (tertiary/aromatic N) is 1. The number of carbonyl (C=O) groups is 1. The minimum Gasteiger partial charge on any atom is -0.373 e. The predicted molar refractivity (Wildman–Crippen MR) is 63.7 cm³/mol. The van der Waals surface area contributed by atoms with Gasteiger partial charge in [0.15, 0.2) is 0 Å². The Morgan fingerprint density at radius 1 is 1.38 bits per heavy atom. The zero-order chi connectivity index (χ0) is 11.6. The first-order valence-corrected chi connectivity index (χ1v) is 6.63. The largest absolute Gasteiger partial charge is 0.373 e. The Morgan fingerprint density at radius 3 is 2.75 bits per heavy atom. The Kier molecular flexibility index (Phi) is 3.75. The van der Waals surface area contributed by atoms with Crippen LogP contribution in [0.2, 0.25) is 0 Å². The van der Waals surface area contributed by atoms with E-state index in [4.69, 9.17) is 16.3 Å². The summed E-state index contributed by atoms with van der Waals surface area (Å²) in [7, 11) is 0. The Bertz CT molecular complexity index is 256. The molecule has 16 heavy (non-hydrogen) atoms. The molecule has 2 saturated heterocycles. The van der Waals surface area contributed by atoms with Crippen LogP contribution in [0.25, 0.3) is 0 Å². The molecule has 1 amide bonds. The first-order valence-electron chi connectivity index (χ1n) is 6.20. The van der Waals surface area contributed by atoms with Gasteiger partial charge < -0.3 is 9.64 Å². The number of hydrogen-bond acceptors (Lipinski definition) is 2. The van der Waals surface area contributed by atoms with E-state index in [1.807, 2.05) is 4.90 Å². The molecule has 2 heterocycles. The van der Waals surface area contributed by atoms with Crippen LogP contribution in [0.15, 0.2) is 0 Å². The molecule has 0 aromatic rings. The molecule has 2 fully saturated rings. The second-order valence-corrected chi connectivity index (χ2v) is 5.62. The van der Waals surface area contributed by atoms with E-state index in [-0.39, 0.29) is 11.5 Å². The van der Waals surface area contributed by atoms with Gasteiger partial charge in [-0.3, -0.25) is 4.79 Å². The second-order valence-electron chi connectivity index (χ2n) is 4.97. The van der Waals surface area contributed by atoms with Crippen molar-refractivity contribution in [3.05, 3.63) is 0 Å². The van der Waals surface area contributed by atoms with Crippen LogP contribution in [0, 0.1) is 0 Å². The van der Waals surface area contributed by atoms with Crippen LogP contribution >= 0.6 is 11.6 Å². The standard InChI is InChI=1S/C12H20ClNO2/c1-10(13)11(15)14-7-4-6-12(9-14)5-2-3-8-16-12/h10H,2-9H2,1H3/t10-,12-/m1/s1. The molecule has 2 rings (SSSR count). The van der Waals surface area contributed by atoms with Crippen molar-refractivity contribution >= 4 is 17.5 Å². The summed E-state index contributed by atoms with van der Waals surface area (Å²) in [4.78, 5) is 13.7. The van der Waals surface area contributed by atoms with Crippen LogP contribution in [0.1, 0.15) is 39.0 Å². The molecule has 3 nitrogen and oxygen atoms in total. The number of halogens is 1. The molecule has 92 valence electrons. The molecule has 2 aliphatic rings. The van der Waals surface area contributed by atoms with Crippen molar-refractivity contribution in [2.75, 3.05) is 19.7 Å². The van der Waals surface area contributed by atoms with E-state index in [0.717, 1.165) is 45.4 Å². The zero-order valence-corrected chi connectivity index (χ0v) is 10.6. The Balaban J connectivity index is 2.00. The molecule has 0 N–H and O–H groups in total. The first-order chi connectivity index (χ1) is 7.63. The molecule has 2 aliphatic heterocycles. The SMILES string of the molecule is C[C@@H](Cl)C(=O)N1CCC[C@]2(CCCCO2)C1. The van der Waals surface area contributed by atoms with E-state index in [9.17, 15) is 4.79 Å². The van der Waals surface area contributed by atoms with E-state index in [0.29, 0.717) is 0 Å². The number of likely N-dealkylation sites (tertiary alicyclic amines) is 1. The summed E-state index contributed by atoms with van der Waals surface area (Å²) in [6.45, 7) is 4.16. The van der Waals surface area contributed by atoms with Crippen LogP contribution in [-0.2, 0) is 9.53 Å². The third-order valence-corrected chi connectivity index (χ3v) is 3.81. The molecular formula is C12H20ClNO2. The van der Waals surface area contributed by atoms with Gasteiger partial charge in [-0.05, 0) is 39.0 Å². The van der Waals surface area contributed by atoms with Crippen molar-refractivity contribution in [2.45, 2.75) is 50.0 Å². The van der Waals surface area contributed by atoms with E-state index in [1.165, 1.54) is 6.42 Å². The van der Waals surface area contributed by atoms with Gasteiger partial charge in [-0.15, -0.1) is 11.6 Å². The lowest BCUT2D eigenvalue weighted by molar-refractivity contribution is -0.148. The van der Waals surface area contributed by atoms with Gasteiger partial charge >= 0.3 is 0 Å². The second kappa shape index (κ2) is 4.92. The lowest BCUT2D eigenvalue weighted by atomic mass is 9.85. The average Bonchev–Trinajstić information content (AvgIpc) is 2.29. The van der Waals surface area contributed by atoms with Crippen molar-refractivity contribution in [2.24, 2.45) is 0 Å². The van der Waals surface area contributed by atoms with Crippen LogP contribution in [-0.4, -0.2) is 41.5 Å². The highest BCUT2D eigenvalue weighted by Crippen LogP contribution is 2.33. The fourth-order valence-electron chi connectivity index (χ4n) is 2.77. The highest BCUT2D eigenvalue weighted by atomic mass is 35.5. The lowest BCUT2D eigenvalue weighted by Crippen LogP contribution is -2.54. The number of ether oxygens (including phenoxy) is 1. The van der Waals surface area contributed by atoms with Gasteiger partial charge in [0.1, 0.15) is 5.38 Å². The molecule has 4 heteroatoms. The van der Waals surface area contributed by atoms with Crippen LogP contribution < -0.4 is 0 Å². The third kappa shape index (κ3) is 2.51. The molecule has 0 saturated carbocycles. The maximum Gasteiger partial charge on any atom is 0.240 e. The fourth-order valence-corrected chi connectivity index (χ4v) is 2.91. The number of rotatable bonds is 1. The van der Waals surface area contributed by atoms with Crippen molar-refractivity contribution in [1.29, 1.82) is 0 Å². The third-order valence-electron chi connectivity index (χ3n) is 3.63. The zero-order valence-electron chi connectivity index (χ0n) is 9.88. The molecule has 0 radical (unpaired) electrons. The number of alkyl halides is 1.